The monoisotopic (exact) mass is 280 g/mol. The lowest BCUT2D eigenvalue weighted by molar-refractivity contribution is -0.142. The van der Waals surface area contributed by atoms with E-state index >= 15 is 0 Å². The zero-order valence-electron chi connectivity index (χ0n) is 12.1. The van der Waals surface area contributed by atoms with Crippen molar-refractivity contribution in [2.24, 2.45) is 11.8 Å². The van der Waals surface area contributed by atoms with Crippen molar-refractivity contribution in [3.63, 3.8) is 0 Å². The number of piperidine rings is 1. The smallest absolute Gasteiger partial charge is 0.303 e. The predicted molar refractivity (Wildman–Crippen MR) is 74.2 cm³/mol. The van der Waals surface area contributed by atoms with Crippen LogP contribution in [-0.2, 0) is 9.59 Å². The van der Waals surface area contributed by atoms with Gasteiger partial charge in [-0.05, 0) is 51.6 Å². The van der Waals surface area contributed by atoms with Gasteiger partial charge < -0.3 is 14.9 Å². The number of likely N-dealkylation sites (tertiary alicyclic amines) is 1. The third-order valence-electron chi connectivity index (χ3n) is 5.29. The molecule has 0 saturated carbocycles. The molecule has 3 unspecified atom stereocenters. The highest BCUT2D eigenvalue weighted by Gasteiger charge is 2.45. The average Bonchev–Trinajstić information content (AvgIpc) is 2.91. The molecule has 20 heavy (non-hydrogen) atoms. The fourth-order valence-corrected chi connectivity index (χ4v) is 4.41. The molecule has 0 spiro atoms. The van der Waals surface area contributed by atoms with E-state index in [2.05, 4.69) is 16.8 Å². The summed E-state index contributed by atoms with van der Waals surface area (Å²) in [5.74, 6) is 0.0571. The number of aliphatic carboxylic acids is 1. The number of carboxylic acids is 1. The maximum Gasteiger partial charge on any atom is 0.303 e. The van der Waals surface area contributed by atoms with E-state index in [1.54, 1.807) is 0 Å². The molecule has 5 heteroatoms. The molecule has 2 bridgehead atoms. The first kappa shape index (κ1) is 13.9. The summed E-state index contributed by atoms with van der Waals surface area (Å²) in [6.45, 7) is 1.90. The zero-order chi connectivity index (χ0) is 14.3. The van der Waals surface area contributed by atoms with Gasteiger partial charge in [-0.25, -0.2) is 0 Å². The lowest BCUT2D eigenvalue weighted by Gasteiger charge is -2.40. The molecule has 1 amide bonds. The largest absolute Gasteiger partial charge is 0.481 e. The quantitative estimate of drug-likeness (QED) is 0.843. The summed E-state index contributed by atoms with van der Waals surface area (Å²) in [5, 5.41) is 8.95. The van der Waals surface area contributed by atoms with Crippen LogP contribution in [0.15, 0.2) is 0 Å². The number of hydrogen-bond acceptors (Lipinski definition) is 3. The lowest BCUT2D eigenvalue weighted by atomic mass is 9.87. The van der Waals surface area contributed by atoms with Gasteiger partial charge in [-0.2, -0.15) is 0 Å². The predicted octanol–water partition coefficient (Wildman–Crippen LogP) is 1.18. The van der Waals surface area contributed by atoms with E-state index in [1.165, 1.54) is 0 Å². The minimum atomic E-state index is -0.702. The molecule has 5 nitrogen and oxygen atoms in total. The summed E-state index contributed by atoms with van der Waals surface area (Å²) < 4.78 is 0. The third kappa shape index (κ3) is 2.55. The molecular weight excluding hydrogens is 256 g/mol. The fourth-order valence-electron chi connectivity index (χ4n) is 4.41. The molecule has 0 aromatic heterocycles. The highest BCUT2D eigenvalue weighted by molar-refractivity contribution is 5.80. The number of nitrogens with zero attached hydrogens (tertiary/aromatic N) is 2. The van der Waals surface area contributed by atoms with E-state index in [9.17, 15) is 9.59 Å². The van der Waals surface area contributed by atoms with Crippen molar-refractivity contribution in [2.75, 3.05) is 20.1 Å². The molecule has 3 heterocycles. The number of rotatable bonds is 3. The summed E-state index contributed by atoms with van der Waals surface area (Å²) in [6, 6.07) is 0.605. The Labute approximate surface area is 119 Å². The van der Waals surface area contributed by atoms with Crippen LogP contribution in [-0.4, -0.2) is 59.0 Å². The van der Waals surface area contributed by atoms with E-state index < -0.39 is 5.97 Å². The summed E-state index contributed by atoms with van der Waals surface area (Å²) in [6.07, 6.45) is 5.14. The molecule has 0 aromatic carbocycles. The second-order valence-electron chi connectivity index (χ2n) is 6.81. The Bertz CT molecular complexity index is 398. The van der Waals surface area contributed by atoms with Gasteiger partial charge in [-0.15, -0.1) is 0 Å². The molecule has 3 atom stereocenters. The summed E-state index contributed by atoms with van der Waals surface area (Å²) >= 11 is 0. The number of carboxylic acid groups (broad SMARTS) is 1. The zero-order valence-corrected chi connectivity index (χ0v) is 12.1. The maximum absolute atomic E-state index is 12.7. The second kappa shape index (κ2) is 5.35. The Morgan fingerprint density at radius 3 is 2.30 bits per heavy atom. The number of fused-ring (bicyclic) bond motifs is 2. The molecule has 1 N–H and O–H groups in total. The highest BCUT2D eigenvalue weighted by atomic mass is 16.4. The minimum Gasteiger partial charge on any atom is -0.481 e. The van der Waals surface area contributed by atoms with E-state index in [1.807, 2.05) is 0 Å². The van der Waals surface area contributed by atoms with Crippen LogP contribution in [0.4, 0.5) is 0 Å². The van der Waals surface area contributed by atoms with E-state index in [-0.39, 0.29) is 18.3 Å². The van der Waals surface area contributed by atoms with Gasteiger partial charge in [0.25, 0.3) is 0 Å². The number of carbonyl (C=O) groups is 2. The highest BCUT2D eigenvalue weighted by Crippen LogP contribution is 2.41. The van der Waals surface area contributed by atoms with Crippen molar-refractivity contribution in [1.82, 2.24) is 9.80 Å². The van der Waals surface area contributed by atoms with Crippen molar-refractivity contribution in [3.05, 3.63) is 0 Å². The number of carbonyl (C=O) groups excluding carboxylic acids is 1. The van der Waals surface area contributed by atoms with Gasteiger partial charge in [0.1, 0.15) is 0 Å². The van der Waals surface area contributed by atoms with Crippen LogP contribution < -0.4 is 0 Å². The minimum absolute atomic E-state index is 0.166. The van der Waals surface area contributed by atoms with Gasteiger partial charge in [-0.3, -0.25) is 9.59 Å². The van der Waals surface area contributed by atoms with Gasteiger partial charge in [0.05, 0.1) is 5.92 Å². The topological polar surface area (TPSA) is 60.9 Å². The van der Waals surface area contributed by atoms with Crippen LogP contribution >= 0.6 is 0 Å². The summed E-state index contributed by atoms with van der Waals surface area (Å²) in [7, 11) is 2.07. The maximum atomic E-state index is 12.7. The van der Waals surface area contributed by atoms with Crippen LogP contribution in [0, 0.1) is 11.8 Å². The molecular formula is C15H24N2O3. The van der Waals surface area contributed by atoms with E-state index in [0.717, 1.165) is 45.2 Å². The molecule has 0 aromatic rings. The molecule has 3 aliphatic rings. The van der Waals surface area contributed by atoms with Crippen LogP contribution in [0.25, 0.3) is 0 Å². The first-order valence-corrected chi connectivity index (χ1v) is 7.77. The summed E-state index contributed by atoms with van der Waals surface area (Å²) in [5.41, 5.74) is 0. The molecule has 0 radical (unpaired) electrons. The molecule has 3 saturated heterocycles. The van der Waals surface area contributed by atoms with Gasteiger partial charge in [0, 0.05) is 25.0 Å². The Hall–Kier alpha value is -1.10. The van der Waals surface area contributed by atoms with Crippen molar-refractivity contribution < 1.29 is 14.7 Å². The lowest BCUT2D eigenvalue weighted by Crippen LogP contribution is -2.49. The summed E-state index contributed by atoms with van der Waals surface area (Å²) in [4.78, 5) is 27.9. The Balaban J connectivity index is 1.64. The first-order chi connectivity index (χ1) is 9.54. The number of hydrogen-bond donors (Lipinski definition) is 1. The van der Waals surface area contributed by atoms with Crippen molar-refractivity contribution in [3.8, 4) is 0 Å². The number of amides is 1. The van der Waals surface area contributed by atoms with Crippen LogP contribution in [0.1, 0.15) is 38.5 Å². The Kier molecular flexibility index (Phi) is 3.71. The van der Waals surface area contributed by atoms with Gasteiger partial charge in [0.2, 0.25) is 5.91 Å². The van der Waals surface area contributed by atoms with E-state index in [4.69, 9.17) is 5.11 Å². The molecule has 3 aliphatic heterocycles. The second-order valence-corrected chi connectivity index (χ2v) is 6.81. The van der Waals surface area contributed by atoms with Crippen molar-refractivity contribution in [2.45, 2.75) is 50.6 Å². The van der Waals surface area contributed by atoms with Crippen LogP contribution in [0.5, 0.6) is 0 Å². The van der Waals surface area contributed by atoms with Crippen molar-refractivity contribution in [1.29, 1.82) is 0 Å². The molecule has 3 fully saturated rings. The third-order valence-corrected chi connectivity index (χ3v) is 5.29. The first-order valence-electron chi connectivity index (χ1n) is 7.77. The average molecular weight is 280 g/mol. The van der Waals surface area contributed by atoms with Gasteiger partial charge in [0.15, 0.2) is 0 Å². The van der Waals surface area contributed by atoms with Gasteiger partial charge in [-0.1, -0.05) is 0 Å². The Morgan fingerprint density at radius 2 is 1.80 bits per heavy atom. The molecule has 112 valence electrons. The van der Waals surface area contributed by atoms with Crippen LogP contribution in [0.3, 0.4) is 0 Å². The van der Waals surface area contributed by atoms with Crippen molar-refractivity contribution >= 4 is 11.9 Å². The standard InChI is InChI=1S/C15H24N2O3/c1-16-5-4-11(9-16)15(20)17-12-2-3-13(17)7-10(6-12)8-14(18)19/h10-13H,2-9H2,1H3,(H,18,19). The van der Waals surface area contributed by atoms with Gasteiger partial charge >= 0.3 is 5.97 Å². The normalized spacial score (nSPS) is 37.4. The van der Waals surface area contributed by atoms with E-state index in [0.29, 0.717) is 18.0 Å². The molecule has 0 aliphatic carbocycles. The van der Waals surface area contributed by atoms with Crippen LogP contribution in [0.2, 0.25) is 0 Å². The Morgan fingerprint density at radius 1 is 1.15 bits per heavy atom. The molecule has 3 rings (SSSR count). The fraction of sp³-hybridized carbons (Fsp3) is 0.867. The SMILES string of the molecule is CN1CCC(C(=O)N2C3CCC2CC(CC(=O)O)C3)C1.